The average Bonchev–Trinajstić information content (AvgIpc) is 2.68. The van der Waals surface area contributed by atoms with Gasteiger partial charge in [-0.2, -0.15) is 0 Å². The van der Waals surface area contributed by atoms with Crippen LogP contribution in [-0.4, -0.2) is 29.7 Å². The van der Waals surface area contributed by atoms with Crippen LogP contribution in [0.5, 0.6) is 0 Å². The van der Waals surface area contributed by atoms with E-state index in [9.17, 15) is 19.7 Å². The van der Waals surface area contributed by atoms with Gasteiger partial charge in [0.05, 0.1) is 4.92 Å². The summed E-state index contributed by atoms with van der Waals surface area (Å²) in [6.07, 6.45) is 1.26. The minimum atomic E-state index is -0.376. The van der Waals surface area contributed by atoms with Crippen molar-refractivity contribution in [2.24, 2.45) is 5.92 Å². The quantitative estimate of drug-likeness (QED) is 0.495. The van der Waals surface area contributed by atoms with Crippen LogP contribution in [-0.2, 0) is 4.79 Å². The Morgan fingerprint density at radius 2 is 1.70 bits per heavy atom. The molecule has 1 fully saturated rings. The molecule has 0 bridgehead atoms. The standard InChI is InChI=1S/C20H21N3O4/c1-14(24)15-6-8-17(9-7-15)21-20(25)16-10-12-22(13-11-16)18-4-2-3-5-19(18)23(26)27/h2-9,16H,10-13H2,1H3,(H,21,25). The molecular formula is C20H21N3O4. The SMILES string of the molecule is CC(=O)c1ccc(NC(=O)C2CCN(c3ccccc3[N+](=O)[O-])CC2)cc1. The number of rotatable bonds is 5. The maximum Gasteiger partial charge on any atom is 0.292 e. The Hall–Kier alpha value is -3.22. The zero-order valence-corrected chi connectivity index (χ0v) is 15.1. The Balaban J connectivity index is 1.60. The molecule has 140 valence electrons. The molecule has 0 atom stereocenters. The van der Waals surface area contributed by atoms with Crippen LogP contribution in [0.3, 0.4) is 0 Å². The molecule has 27 heavy (non-hydrogen) atoms. The van der Waals surface area contributed by atoms with Gasteiger partial charge in [0.25, 0.3) is 5.69 Å². The van der Waals surface area contributed by atoms with Crippen molar-refractivity contribution in [2.45, 2.75) is 19.8 Å². The zero-order chi connectivity index (χ0) is 19.4. The summed E-state index contributed by atoms with van der Waals surface area (Å²) < 4.78 is 0. The number of nitrogens with zero attached hydrogens (tertiary/aromatic N) is 2. The normalized spacial score (nSPS) is 14.6. The van der Waals surface area contributed by atoms with Crippen LogP contribution < -0.4 is 10.2 Å². The van der Waals surface area contributed by atoms with Gasteiger partial charge in [-0.25, -0.2) is 0 Å². The summed E-state index contributed by atoms with van der Waals surface area (Å²) >= 11 is 0. The number of nitro groups is 1. The van der Waals surface area contributed by atoms with Crippen molar-refractivity contribution in [3.05, 3.63) is 64.2 Å². The lowest BCUT2D eigenvalue weighted by Crippen LogP contribution is -2.38. The summed E-state index contributed by atoms with van der Waals surface area (Å²) in [5.41, 5.74) is 1.95. The number of hydrogen-bond acceptors (Lipinski definition) is 5. The highest BCUT2D eigenvalue weighted by molar-refractivity contribution is 5.96. The third-order valence-corrected chi connectivity index (χ3v) is 4.84. The van der Waals surface area contributed by atoms with Crippen molar-refractivity contribution in [1.82, 2.24) is 0 Å². The first-order chi connectivity index (χ1) is 13.0. The van der Waals surface area contributed by atoms with E-state index < -0.39 is 0 Å². The number of carbonyl (C=O) groups excluding carboxylic acids is 2. The molecule has 0 saturated carbocycles. The van der Waals surface area contributed by atoms with Gasteiger partial charge in [-0.1, -0.05) is 12.1 Å². The van der Waals surface area contributed by atoms with Gasteiger partial charge in [0, 0.05) is 36.3 Å². The van der Waals surface area contributed by atoms with Crippen molar-refractivity contribution >= 4 is 28.8 Å². The Labute approximate surface area is 157 Å². The molecule has 1 N–H and O–H groups in total. The molecule has 0 radical (unpaired) electrons. The van der Waals surface area contributed by atoms with Gasteiger partial charge in [-0.3, -0.25) is 19.7 Å². The van der Waals surface area contributed by atoms with Crippen molar-refractivity contribution in [3.8, 4) is 0 Å². The second-order valence-electron chi connectivity index (χ2n) is 6.63. The van der Waals surface area contributed by atoms with Crippen LogP contribution in [0.15, 0.2) is 48.5 Å². The predicted molar refractivity (Wildman–Crippen MR) is 103 cm³/mol. The lowest BCUT2D eigenvalue weighted by molar-refractivity contribution is -0.384. The highest BCUT2D eigenvalue weighted by Gasteiger charge is 2.28. The second kappa shape index (κ2) is 7.99. The molecule has 7 heteroatoms. The molecule has 7 nitrogen and oxygen atoms in total. The van der Waals surface area contributed by atoms with Gasteiger partial charge < -0.3 is 10.2 Å². The summed E-state index contributed by atoms with van der Waals surface area (Å²) in [5.74, 6) is -0.223. The molecule has 2 aromatic rings. The number of Topliss-reactive ketones (excluding diaryl/α,β-unsaturated/α-hetero) is 1. The van der Waals surface area contributed by atoms with E-state index in [0.29, 0.717) is 42.9 Å². The first-order valence-corrected chi connectivity index (χ1v) is 8.86. The van der Waals surface area contributed by atoms with Gasteiger partial charge in [-0.05, 0) is 50.1 Å². The van der Waals surface area contributed by atoms with E-state index in [1.54, 1.807) is 42.5 Å². The highest BCUT2D eigenvalue weighted by Crippen LogP contribution is 2.31. The van der Waals surface area contributed by atoms with E-state index in [2.05, 4.69) is 5.32 Å². The molecule has 1 heterocycles. The van der Waals surface area contributed by atoms with Crippen LogP contribution in [0.4, 0.5) is 17.1 Å². The summed E-state index contributed by atoms with van der Waals surface area (Å²) in [7, 11) is 0. The number of piperidine rings is 1. The molecule has 0 aromatic heterocycles. The fourth-order valence-corrected chi connectivity index (χ4v) is 3.30. The fourth-order valence-electron chi connectivity index (χ4n) is 3.30. The molecule has 2 aromatic carbocycles. The molecule has 1 amide bonds. The van der Waals surface area contributed by atoms with Gasteiger partial charge in [-0.15, -0.1) is 0 Å². The molecule has 3 rings (SSSR count). The second-order valence-corrected chi connectivity index (χ2v) is 6.63. The number of hydrogen-bond donors (Lipinski definition) is 1. The predicted octanol–water partition coefficient (Wildman–Crippen LogP) is 3.65. The molecule has 1 saturated heterocycles. The Morgan fingerprint density at radius 1 is 1.07 bits per heavy atom. The largest absolute Gasteiger partial charge is 0.366 e. The minimum absolute atomic E-state index is 0.0183. The Morgan fingerprint density at radius 3 is 2.30 bits per heavy atom. The van der Waals surface area contributed by atoms with E-state index in [1.165, 1.54) is 13.0 Å². The van der Waals surface area contributed by atoms with E-state index in [0.717, 1.165) is 0 Å². The molecule has 1 aliphatic rings. The third kappa shape index (κ3) is 4.31. The van der Waals surface area contributed by atoms with E-state index >= 15 is 0 Å². The number of para-hydroxylation sites is 2. The smallest absolute Gasteiger partial charge is 0.292 e. The van der Waals surface area contributed by atoms with Gasteiger partial charge in [0.1, 0.15) is 5.69 Å². The summed E-state index contributed by atoms with van der Waals surface area (Å²) in [6.45, 7) is 2.68. The van der Waals surface area contributed by atoms with Crippen LogP contribution in [0.2, 0.25) is 0 Å². The maximum absolute atomic E-state index is 12.5. The van der Waals surface area contributed by atoms with E-state index in [1.807, 2.05) is 4.90 Å². The Bertz CT molecular complexity index is 856. The third-order valence-electron chi connectivity index (χ3n) is 4.84. The van der Waals surface area contributed by atoms with Crippen molar-refractivity contribution in [1.29, 1.82) is 0 Å². The number of nitro benzene ring substituents is 1. The van der Waals surface area contributed by atoms with Gasteiger partial charge >= 0.3 is 0 Å². The summed E-state index contributed by atoms with van der Waals surface area (Å²) in [4.78, 5) is 36.6. The molecule has 1 aliphatic heterocycles. The lowest BCUT2D eigenvalue weighted by atomic mass is 9.95. The molecular weight excluding hydrogens is 346 g/mol. The number of amides is 1. The number of carbonyl (C=O) groups is 2. The maximum atomic E-state index is 12.5. The number of nitrogens with one attached hydrogen (secondary N) is 1. The van der Waals surface area contributed by atoms with Gasteiger partial charge in [0.15, 0.2) is 5.78 Å². The lowest BCUT2D eigenvalue weighted by Gasteiger charge is -2.32. The van der Waals surface area contributed by atoms with Crippen molar-refractivity contribution in [2.75, 3.05) is 23.3 Å². The molecule has 0 aliphatic carbocycles. The zero-order valence-electron chi connectivity index (χ0n) is 15.1. The van der Waals surface area contributed by atoms with Gasteiger partial charge in [0.2, 0.25) is 5.91 Å². The topological polar surface area (TPSA) is 92.6 Å². The van der Waals surface area contributed by atoms with Crippen molar-refractivity contribution in [3.63, 3.8) is 0 Å². The first-order valence-electron chi connectivity index (χ1n) is 8.86. The molecule has 0 unspecified atom stereocenters. The molecule has 0 spiro atoms. The van der Waals surface area contributed by atoms with E-state index in [4.69, 9.17) is 0 Å². The van der Waals surface area contributed by atoms with Crippen LogP contribution in [0, 0.1) is 16.0 Å². The number of ketones is 1. The summed E-state index contributed by atoms with van der Waals surface area (Å²) in [6, 6.07) is 13.5. The number of benzene rings is 2. The Kier molecular flexibility index (Phi) is 5.49. The van der Waals surface area contributed by atoms with Crippen LogP contribution in [0.25, 0.3) is 0 Å². The van der Waals surface area contributed by atoms with Crippen LogP contribution in [0.1, 0.15) is 30.1 Å². The minimum Gasteiger partial charge on any atom is -0.366 e. The monoisotopic (exact) mass is 367 g/mol. The first kappa shape index (κ1) is 18.6. The number of anilines is 2. The fraction of sp³-hybridized carbons (Fsp3) is 0.300. The van der Waals surface area contributed by atoms with Crippen molar-refractivity contribution < 1.29 is 14.5 Å². The highest BCUT2D eigenvalue weighted by atomic mass is 16.6. The summed E-state index contributed by atoms with van der Waals surface area (Å²) in [5, 5.41) is 14.1. The average molecular weight is 367 g/mol. The van der Waals surface area contributed by atoms with Crippen LogP contribution >= 0.6 is 0 Å². The van der Waals surface area contributed by atoms with E-state index in [-0.39, 0.29) is 28.2 Å².